The molecule has 2 atom stereocenters. The number of thioether (sulfide) groups is 1. The number of esters is 1. The number of ether oxygens (including phenoxy) is 1. The zero-order valence-electron chi connectivity index (χ0n) is 14.1. The van der Waals surface area contributed by atoms with E-state index >= 15 is 0 Å². The SMILES string of the molecule is N#CCCNC(=O)COC(=O)[C@@H]1CS[C@@]2(c3ccccc3)CCC(=O)N12. The van der Waals surface area contributed by atoms with Crippen molar-refractivity contribution in [1.29, 1.82) is 5.26 Å². The molecular formula is C18H19N3O4S. The lowest BCUT2D eigenvalue weighted by molar-refractivity contribution is -0.156. The van der Waals surface area contributed by atoms with Crippen LogP contribution in [-0.4, -0.2) is 47.6 Å². The van der Waals surface area contributed by atoms with Crippen molar-refractivity contribution in [1.82, 2.24) is 10.2 Å². The molecule has 8 heteroatoms. The highest BCUT2D eigenvalue weighted by Gasteiger charge is 2.57. The van der Waals surface area contributed by atoms with Crippen LogP contribution in [0.4, 0.5) is 0 Å². The third-order valence-electron chi connectivity index (χ3n) is 4.53. The summed E-state index contributed by atoms with van der Waals surface area (Å²) in [5.74, 6) is -0.656. The molecule has 3 rings (SSSR count). The molecule has 0 aromatic heterocycles. The van der Waals surface area contributed by atoms with Crippen molar-refractivity contribution in [2.45, 2.75) is 30.2 Å². The van der Waals surface area contributed by atoms with Gasteiger partial charge in [0.05, 0.1) is 12.5 Å². The first-order chi connectivity index (χ1) is 12.6. The topological polar surface area (TPSA) is 99.5 Å². The predicted molar refractivity (Wildman–Crippen MR) is 94.6 cm³/mol. The minimum absolute atomic E-state index is 0.0701. The summed E-state index contributed by atoms with van der Waals surface area (Å²) >= 11 is 1.57. The Kier molecular flexibility index (Phi) is 5.47. The molecule has 26 heavy (non-hydrogen) atoms. The van der Waals surface area contributed by atoms with E-state index in [1.807, 2.05) is 36.4 Å². The zero-order valence-corrected chi connectivity index (χ0v) is 15.0. The molecule has 0 spiro atoms. The molecule has 0 saturated carbocycles. The highest BCUT2D eigenvalue weighted by atomic mass is 32.2. The standard InChI is InChI=1S/C18H19N3O4S/c19-9-4-10-20-15(22)11-25-17(24)14-12-26-18(8-7-16(23)21(14)18)13-5-2-1-3-6-13/h1-3,5-6,14H,4,7-8,10-12H2,(H,20,22)/t14-,18+/m0/s1. The van der Waals surface area contributed by atoms with E-state index in [4.69, 9.17) is 10.00 Å². The lowest BCUT2D eigenvalue weighted by Crippen LogP contribution is -2.47. The van der Waals surface area contributed by atoms with E-state index in [0.29, 0.717) is 18.6 Å². The quantitative estimate of drug-likeness (QED) is 0.593. The molecule has 2 amide bonds. The molecule has 136 valence electrons. The molecule has 7 nitrogen and oxygen atoms in total. The minimum Gasteiger partial charge on any atom is -0.454 e. The van der Waals surface area contributed by atoms with Gasteiger partial charge in [0.25, 0.3) is 5.91 Å². The molecule has 2 aliphatic rings. The Labute approximate surface area is 155 Å². The van der Waals surface area contributed by atoms with Gasteiger partial charge in [0.2, 0.25) is 5.91 Å². The van der Waals surface area contributed by atoms with Gasteiger partial charge in [-0.15, -0.1) is 11.8 Å². The number of hydrogen-bond donors (Lipinski definition) is 1. The second-order valence-electron chi connectivity index (χ2n) is 6.11. The monoisotopic (exact) mass is 373 g/mol. The van der Waals surface area contributed by atoms with Crippen molar-refractivity contribution in [2.24, 2.45) is 0 Å². The molecular weight excluding hydrogens is 354 g/mol. The van der Waals surface area contributed by atoms with E-state index in [1.165, 1.54) is 0 Å². The molecule has 0 bridgehead atoms. The molecule has 2 aliphatic heterocycles. The van der Waals surface area contributed by atoms with Gasteiger partial charge in [-0.05, 0) is 12.0 Å². The van der Waals surface area contributed by atoms with Gasteiger partial charge in [0, 0.05) is 18.7 Å². The second-order valence-corrected chi connectivity index (χ2v) is 7.40. The lowest BCUT2D eigenvalue weighted by Gasteiger charge is -2.33. The summed E-state index contributed by atoms with van der Waals surface area (Å²) < 4.78 is 5.11. The maximum Gasteiger partial charge on any atom is 0.330 e. The van der Waals surface area contributed by atoms with Crippen LogP contribution in [0.5, 0.6) is 0 Å². The molecule has 2 fully saturated rings. The Balaban J connectivity index is 1.66. The zero-order chi connectivity index (χ0) is 18.6. The van der Waals surface area contributed by atoms with E-state index in [-0.39, 0.29) is 18.9 Å². The second kappa shape index (κ2) is 7.79. The van der Waals surface area contributed by atoms with Gasteiger partial charge < -0.3 is 15.0 Å². The third-order valence-corrected chi connectivity index (χ3v) is 6.13. The third kappa shape index (κ3) is 3.40. The van der Waals surface area contributed by atoms with Crippen LogP contribution in [0.3, 0.4) is 0 Å². The maximum absolute atomic E-state index is 12.5. The normalized spacial score (nSPS) is 24.0. The predicted octanol–water partition coefficient (Wildman–Crippen LogP) is 1.15. The Hall–Kier alpha value is -2.53. The maximum atomic E-state index is 12.5. The van der Waals surface area contributed by atoms with Gasteiger partial charge in [0.1, 0.15) is 10.9 Å². The molecule has 0 unspecified atom stereocenters. The summed E-state index contributed by atoms with van der Waals surface area (Å²) in [5, 5.41) is 10.9. The number of benzene rings is 1. The van der Waals surface area contributed by atoms with Crippen molar-refractivity contribution in [3.05, 3.63) is 35.9 Å². The van der Waals surface area contributed by atoms with E-state index < -0.39 is 29.4 Å². The number of nitriles is 1. The molecule has 1 aromatic carbocycles. The fraction of sp³-hybridized carbons (Fsp3) is 0.444. The van der Waals surface area contributed by atoms with E-state index in [2.05, 4.69) is 5.32 Å². The average molecular weight is 373 g/mol. The van der Waals surface area contributed by atoms with Crippen LogP contribution >= 0.6 is 11.8 Å². The Morgan fingerprint density at radius 2 is 2.15 bits per heavy atom. The van der Waals surface area contributed by atoms with E-state index in [0.717, 1.165) is 5.56 Å². The molecule has 1 N–H and O–H groups in total. The Bertz CT molecular complexity index is 749. The van der Waals surface area contributed by atoms with Gasteiger partial charge in [-0.25, -0.2) is 4.79 Å². The van der Waals surface area contributed by atoms with E-state index in [1.54, 1.807) is 16.7 Å². The van der Waals surface area contributed by atoms with Crippen LogP contribution in [0.1, 0.15) is 24.8 Å². The van der Waals surface area contributed by atoms with Crippen LogP contribution < -0.4 is 5.32 Å². The number of carbonyl (C=O) groups is 3. The summed E-state index contributed by atoms with van der Waals surface area (Å²) in [7, 11) is 0. The summed E-state index contributed by atoms with van der Waals surface area (Å²) in [4.78, 5) is 37.7. The minimum atomic E-state index is -0.692. The molecule has 0 radical (unpaired) electrons. The van der Waals surface area contributed by atoms with Crippen LogP contribution in [0, 0.1) is 11.3 Å². The van der Waals surface area contributed by atoms with Gasteiger partial charge in [-0.2, -0.15) is 5.26 Å². The van der Waals surface area contributed by atoms with Crippen molar-refractivity contribution in [3.8, 4) is 6.07 Å². The van der Waals surface area contributed by atoms with Gasteiger partial charge >= 0.3 is 5.97 Å². The summed E-state index contributed by atoms with van der Waals surface area (Å²) in [5.41, 5.74) is 1.00. The smallest absolute Gasteiger partial charge is 0.330 e. The van der Waals surface area contributed by atoms with Crippen LogP contribution in [0.2, 0.25) is 0 Å². The number of amides is 2. The van der Waals surface area contributed by atoms with Crippen molar-refractivity contribution in [3.63, 3.8) is 0 Å². The highest BCUT2D eigenvalue weighted by Crippen LogP contribution is 2.54. The summed E-state index contributed by atoms with van der Waals surface area (Å²) in [6.45, 7) is -0.195. The van der Waals surface area contributed by atoms with Gasteiger partial charge in [-0.3, -0.25) is 9.59 Å². The molecule has 2 saturated heterocycles. The summed E-state index contributed by atoms with van der Waals surface area (Å²) in [6, 6.07) is 10.9. The van der Waals surface area contributed by atoms with Crippen LogP contribution in [-0.2, 0) is 24.0 Å². The first-order valence-electron chi connectivity index (χ1n) is 8.40. The first-order valence-corrected chi connectivity index (χ1v) is 9.39. The number of nitrogens with zero attached hydrogens (tertiary/aromatic N) is 2. The lowest BCUT2D eigenvalue weighted by atomic mass is 10.0. The number of nitrogens with one attached hydrogen (secondary N) is 1. The molecule has 0 aliphatic carbocycles. The van der Waals surface area contributed by atoms with Crippen molar-refractivity contribution in [2.75, 3.05) is 18.9 Å². The fourth-order valence-electron chi connectivity index (χ4n) is 3.36. The number of fused-ring (bicyclic) bond motifs is 1. The van der Waals surface area contributed by atoms with Gasteiger partial charge in [0.15, 0.2) is 6.61 Å². The number of carbonyl (C=O) groups excluding carboxylic acids is 3. The van der Waals surface area contributed by atoms with Crippen LogP contribution in [0.15, 0.2) is 30.3 Å². The molecule has 2 heterocycles. The highest BCUT2D eigenvalue weighted by molar-refractivity contribution is 8.00. The first kappa shape index (κ1) is 18.3. The van der Waals surface area contributed by atoms with Crippen LogP contribution in [0.25, 0.3) is 0 Å². The average Bonchev–Trinajstić information content (AvgIpc) is 3.20. The summed E-state index contributed by atoms with van der Waals surface area (Å²) in [6.07, 6.45) is 1.24. The van der Waals surface area contributed by atoms with Crippen molar-refractivity contribution < 1.29 is 19.1 Å². The van der Waals surface area contributed by atoms with Crippen molar-refractivity contribution >= 4 is 29.5 Å². The van der Waals surface area contributed by atoms with Gasteiger partial charge in [-0.1, -0.05) is 30.3 Å². The number of rotatable bonds is 6. The Morgan fingerprint density at radius 3 is 2.88 bits per heavy atom. The fourth-order valence-corrected chi connectivity index (χ4v) is 4.99. The Morgan fingerprint density at radius 1 is 1.38 bits per heavy atom. The largest absolute Gasteiger partial charge is 0.454 e. The molecule has 1 aromatic rings. The van der Waals surface area contributed by atoms with E-state index in [9.17, 15) is 14.4 Å². The number of hydrogen-bond acceptors (Lipinski definition) is 6.